The average Bonchev–Trinajstić information content (AvgIpc) is 2.96. The van der Waals surface area contributed by atoms with Crippen LogP contribution in [0, 0.1) is 20.8 Å². The van der Waals surface area contributed by atoms with Gasteiger partial charge in [-0.1, -0.05) is 41.1 Å². The fourth-order valence-electron chi connectivity index (χ4n) is 2.67. The molecule has 0 aliphatic carbocycles. The average molecular weight is 450 g/mol. The summed E-state index contributed by atoms with van der Waals surface area (Å²) in [6.07, 6.45) is 0. The fraction of sp³-hybridized carbons (Fsp3) is 0.200. The Labute approximate surface area is 179 Å². The van der Waals surface area contributed by atoms with Gasteiger partial charge < -0.3 is 0 Å². The Kier molecular flexibility index (Phi) is 6.48. The van der Waals surface area contributed by atoms with E-state index in [0.717, 1.165) is 15.4 Å². The molecule has 0 aliphatic heterocycles. The van der Waals surface area contributed by atoms with Gasteiger partial charge >= 0.3 is 0 Å². The number of nitrogens with one attached hydrogen (secondary N) is 1. The van der Waals surface area contributed by atoms with Crippen molar-refractivity contribution >= 4 is 39.3 Å². The second-order valence-electron chi connectivity index (χ2n) is 6.50. The first-order valence-corrected chi connectivity index (χ1v) is 11.4. The Morgan fingerprint density at radius 1 is 1.07 bits per heavy atom. The zero-order chi connectivity index (χ0) is 21.2. The topological polar surface area (TPSA) is 81.1 Å². The summed E-state index contributed by atoms with van der Waals surface area (Å²) in [5.74, 6) is -0.454. The molecule has 0 amide bonds. The van der Waals surface area contributed by atoms with Gasteiger partial charge in [0.15, 0.2) is 0 Å². The summed E-state index contributed by atoms with van der Waals surface area (Å²) in [4.78, 5) is 14.5. The predicted octanol–water partition coefficient (Wildman–Crippen LogP) is 4.23. The van der Waals surface area contributed by atoms with Crippen LogP contribution in [0.1, 0.15) is 21.7 Å². The van der Waals surface area contributed by atoms with E-state index >= 15 is 0 Å². The van der Waals surface area contributed by atoms with Crippen LogP contribution in [0.3, 0.4) is 0 Å². The molecule has 0 saturated heterocycles. The van der Waals surface area contributed by atoms with Crippen LogP contribution in [0.4, 0.5) is 0 Å². The normalized spacial score (nSPS) is 11.6. The van der Waals surface area contributed by atoms with Crippen molar-refractivity contribution in [2.24, 2.45) is 0 Å². The lowest BCUT2D eigenvalue weighted by atomic mass is 10.2. The van der Waals surface area contributed by atoms with Crippen LogP contribution < -0.4 is 4.72 Å². The van der Waals surface area contributed by atoms with Crippen molar-refractivity contribution in [2.75, 3.05) is 6.54 Å². The highest BCUT2D eigenvalue weighted by molar-refractivity contribution is 7.99. The highest BCUT2D eigenvalue weighted by Gasteiger charge is 2.20. The standard InChI is InChI=1S/C20H20ClN3O3S2/c1-13-4-10-18(11-5-13)29(26,27)22-12-19(25)24-15(3)20(14(2)23-24)28-17-8-6-16(21)7-9-17/h4-11,22H,12H2,1-3H3. The number of carbonyl (C=O) groups is 1. The van der Waals surface area contributed by atoms with Gasteiger partial charge in [-0.3, -0.25) is 4.79 Å². The van der Waals surface area contributed by atoms with Crippen LogP contribution in [-0.4, -0.2) is 30.7 Å². The number of hydrogen-bond donors (Lipinski definition) is 1. The summed E-state index contributed by atoms with van der Waals surface area (Å²) in [5, 5.41) is 4.94. The van der Waals surface area contributed by atoms with E-state index in [2.05, 4.69) is 9.82 Å². The molecule has 1 aromatic heterocycles. The van der Waals surface area contributed by atoms with Crippen molar-refractivity contribution in [3.63, 3.8) is 0 Å². The van der Waals surface area contributed by atoms with Crippen LogP contribution in [0.5, 0.6) is 0 Å². The number of aromatic nitrogens is 2. The van der Waals surface area contributed by atoms with Gasteiger partial charge in [0.2, 0.25) is 10.0 Å². The van der Waals surface area contributed by atoms with E-state index in [-0.39, 0.29) is 11.4 Å². The van der Waals surface area contributed by atoms with Crippen LogP contribution in [0.25, 0.3) is 0 Å². The summed E-state index contributed by atoms with van der Waals surface area (Å²) < 4.78 is 28.4. The molecule has 0 spiro atoms. The van der Waals surface area contributed by atoms with Crippen molar-refractivity contribution in [1.82, 2.24) is 14.5 Å². The number of rotatable bonds is 6. The van der Waals surface area contributed by atoms with Gasteiger partial charge in [0.05, 0.1) is 27.7 Å². The maximum absolute atomic E-state index is 12.6. The Bertz CT molecular complexity index is 1140. The SMILES string of the molecule is Cc1ccc(S(=O)(=O)NCC(=O)n2nc(C)c(Sc3ccc(Cl)cc3)c2C)cc1. The van der Waals surface area contributed by atoms with Crippen LogP contribution in [-0.2, 0) is 10.0 Å². The molecule has 1 heterocycles. The molecule has 1 N–H and O–H groups in total. The minimum atomic E-state index is -3.78. The molecule has 0 atom stereocenters. The van der Waals surface area contributed by atoms with Crippen molar-refractivity contribution in [2.45, 2.75) is 35.5 Å². The molecule has 29 heavy (non-hydrogen) atoms. The van der Waals surface area contributed by atoms with Crippen LogP contribution in [0.2, 0.25) is 5.02 Å². The van der Waals surface area contributed by atoms with E-state index in [1.165, 1.54) is 28.6 Å². The van der Waals surface area contributed by atoms with Crippen molar-refractivity contribution in [1.29, 1.82) is 0 Å². The van der Waals surface area contributed by atoms with Gasteiger partial charge in [-0.25, -0.2) is 17.8 Å². The Morgan fingerprint density at radius 2 is 1.69 bits per heavy atom. The van der Waals surface area contributed by atoms with Gasteiger partial charge in [-0.2, -0.15) is 5.10 Å². The third-order valence-corrected chi connectivity index (χ3v) is 7.21. The molecular formula is C20H20ClN3O3S2. The van der Waals surface area contributed by atoms with Crippen molar-refractivity contribution < 1.29 is 13.2 Å². The smallest absolute Gasteiger partial charge is 0.262 e. The molecule has 0 unspecified atom stereocenters. The minimum Gasteiger partial charge on any atom is -0.271 e. The molecule has 9 heteroatoms. The van der Waals surface area contributed by atoms with E-state index < -0.39 is 15.9 Å². The molecule has 2 aromatic carbocycles. The number of nitrogens with zero attached hydrogens (tertiary/aromatic N) is 2. The Hall–Kier alpha value is -2.13. The second-order valence-corrected chi connectivity index (χ2v) is 9.79. The van der Waals surface area contributed by atoms with Gasteiger partial charge in [0.25, 0.3) is 5.91 Å². The molecule has 0 saturated carbocycles. The highest BCUT2D eigenvalue weighted by atomic mass is 35.5. The number of aryl methyl sites for hydroxylation is 2. The molecule has 0 aliphatic rings. The molecule has 6 nitrogen and oxygen atoms in total. The van der Waals surface area contributed by atoms with Crippen LogP contribution in [0.15, 0.2) is 63.2 Å². The van der Waals surface area contributed by atoms with Crippen molar-refractivity contribution in [3.05, 3.63) is 70.5 Å². The Balaban J connectivity index is 1.74. The lowest BCUT2D eigenvalue weighted by Crippen LogP contribution is -2.33. The monoisotopic (exact) mass is 449 g/mol. The number of carbonyl (C=O) groups excluding carboxylic acids is 1. The molecule has 0 bridgehead atoms. The fourth-order valence-corrected chi connectivity index (χ4v) is 4.70. The predicted molar refractivity (Wildman–Crippen MR) is 114 cm³/mol. The number of sulfonamides is 1. The third-order valence-electron chi connectivity index (χ3n) is 4.24. The van der Waals surface area contributed by atoms with E-state index in [1.54, 1.807) is 31.2 Å². The number of benzene rings is 2. The molecule has 3 aromatic rings. The molecule has 0 fully saturated rings. The van der Waals surface area contributed by atoms with Gasteiger partial charge in [-0.15, -0.1) is 0 Å². The first kappa shape index (κ1) is 21.6. The largest absolute Gasteiger partial charge is 0.271 e. The van der Waals surface area contributed by atoms with E-state index in [0.29, 0.717) is 16.4 Å². The van der Waals surface area contributed by atoms with Crippen LogP contribution >= 0.6 is 23.4 Å². The molecule has 3 rings (SSSR count). The first-order valence-electron chi connectivity index (χ1n) is 8.76. The molecule has 0 radical (unpaired) electrons. The maximum Gasteiger partial charge on any atom is 0.262 e. The summed E-state index contributed by atoms with van der Waals surface area (Å²) in [6.45, 7) is 5.08. The Morgan fingerprint density at radius 3 is 2.31 bits per heavy atom. The maximum atomic E-state index is 12.6. The molecule has 152 valence electrons. The summed E-state index contributed by atoms with van der Waals surface area (Å²) in [6, 6.07) is 13.8. The van der Waals surface area contributed by atoms with E-state index in [9.17, 15) is 13.2 Å². The number of halogens is 1. The lowest BCUT2D eigenvalue weighted by molar-refractivity contribution is 0.0900. The lowest BCUT2D eigenvalue weighted by Gasteiger charge is -2.08. The zero-order valence-corrected chi connectivity index (χ0v) is 18.5. The first-order chi connectivity index (χ1) is 13.7. The molecular weight excluding hydrogens is 430 g/mol. The summed E-state index contributed by atoms with van der Waals surface area (Å²) in [5.41, 5.74) is 2.30. The quantitative estimate of drug-likeness (QED) is 0.609. The van der Waals surface area contributed by atoms with Crippen molar-refractivity contribution in [3.8, 4) is 0 Å². The van der Waals surface area contributed by atoms with E-state index in [4.69, 9.17) is 11.6 Å². The minimum absolute atomic E-state index is 0.114. The van der Waals surface area contributed by atoms with Gasteiger partial charge in [0.1, 0.15) is 0 Å². The summed E-state index contributed by atoms with van der Waals surface area (Å²) >= 11 is 7.40. The second kappa shape index (κ2) is 8.71. The zero-order valence-electron chi connectivity index (χ0n) is 16.1. The third kappa shape index (κ3) is 5.08. The highest BCUT2D eigenvalue weighted by Crippen LogP contribution is 2.33. The van der Waals surface area contributed by atoms with E-state index in [1.807, 2.05) is 26.0 Å². The van der Waals surface area contributed by atoms with Gasteiger partial charge in [-0.05, 0) is 57.2 Å². The number of hydrogen-bond acceptors (Lipinski definition) is 5. The summed E-state index contributed by atoms with van der Waals surface area (Å²) in [7, 11) is -3.78. The van der Waals surface area contributed by atoms with Gasteiger partial charge in [0, 0.05) is 9.92 Å².